The zero-order valence-electron chi connectivity index (χ0n) is 13.4. The van der Waals surface area contributed by atoms with Crippen molar-refractivity contribution >= 4 is 17.5 Å². The Labute approximate surface area is 140 Å². The summed E-state index contributed by atoms with van der Waals surface area (Å²) in [6.07, 6.45) is 3.07. The van der Waals surface area contributed by atoms with E-state index < -0.39 is 0 Å². The lowest BCUT2D eigenvalue weighted by Gasteiger charge is -2.32. The Hall–Kier alpha value is -1.82. The molecule has 1 aliphatic heterocycles. The molecular formula is C16H21ClN4O2. The monoisotopic (exact) mass is 336 g/mol. The number of rotatable bonds is 4. The van der Waals surface area contributed by atoms with Crippen molar-refractivity contribution in [3.63, 3.8) is 0 Å². The first-order valence-electron chi connectivity index (χ1n) is 7.95. The molecule has 0 bridgehead atoms. The van der Waals surface area contributed by atoms with Crippen LogP contribution in [-0.2, 0) is 11.2 Å². The molecule has 1 fully saturated rings. The number of nitrogens with one attached hydrogen (secondary N) is 1. The predicted octanol–water partition coefficient (Wildman–Crippen LogP) is 3.01. The predicted molar refractivity (Wildman–Crippen MR) is 86.5 cm³/mol. The molecule has 6 nitrogen and oxygen atoms in total. The fraction of sp³-hybridized carbons (Fsp3) is 0.562. The molecule has 0 spiro atoms. The number of aryl methyl sites for hydroxylation is 2. The average molecular weight is 337 g/mol. The summed E-state index contributed by atoms with van der Waals surface area (Å²) in [7, 11) is 0. The third kappa shape index (κ3) is 3.58. The minimum absolute atomic E-state index is 0.152. The number of aromatic nitrogens is 3. The van der Waals surface area contributed by atoms with Gasteiger partial charge in [0.2, 0.25) is 11.1 Å². The lowest BCUT2D eigenvalue weighted by molar-refractivity contribution is -0.132. The smallest absolute Gasteiger partial charge is 0.229 e. The molecule has 2 aromatic heterocycles. The van der Waals surface area contributed by atoms with Gasteiger partial charge in [-0.15, -0.1) is 0 Å². The van der Waals surface area contributed by atoms with Crippen molar-refractivity contribution in [3.8, 4) is 0 Å². The van der Waals surface area contributed by atoms with Gasteiger partial charge in [-0.2, -0.15) is 5.10 Å². The van der Waals surface area contributed by atoms with Crippen LogP contribution in [0.25, 0.3) is 0 Å². The molecule has 3 rings (SSSR count). The van der Waals surface area contributed by atoms with Gasteiger partial charge in [-0.3, -0.25) is 9.89 Å². The third-order valence-corrected chi connectivity index (χ3v) is 4.74. The number of piperidine rings is 1. The maximum atomic E-state index is 12.5. The van der Waals surface area contributed by atoms with E-state index in [0.29, 0.717) is 24.0 Å². The van der Waals surface area contributed by atoms with Crippen LogP contribution < -0.4 is 0 Å². The lowest BCUT2D eigenvalue weighted by atomic mass is 9.94. The quantitative estimate of drug-likeness (QED) is 0.931. The van der Waals surface area contributed by atoms with Gasteiger partial charge in [0, 0.05) is 36.7 Å². The standard InChI is InChI=1S/C16H21ClN4O2/c1-10-8-14(19-18-10)12-4-3-7-21(9-12)15(22)6-5-13-11(2)20-23-16(13)17/h8,12H,3-7,9H2,1-2H3,(H,18,19)/t12-/m0/s1. The number of hydrogen-bond acceptors (Lipinski definition) is 4. The number of aromatic amines is 1. The summed E-state index contributed by atoms with van der Waals surface area (Å²) in [5.41, 5.74) is 3.70. The van der Waals surface area contributed by atoms with Gasteiger partial charge in [0.25, 0.3) is 0 Å². The zero-order valence-corrected chi connectivity index (χ0v) is 14.2. The zero-order chi connectivity index (χ0) is 16.4. The number of amides is 1. The van der Waals surface area contributed by atoms with Crippen LogP contribution in [0.5, 0.6) is 0 Å². The number of halogens is 1. The fourth-order valence-corrected chi connectivity index (χ4v) is 3.39. The van der Waals surface area contributed by atoms with Crippen molar-refractivity contribution in [1.29, 1.82) is 0 Å². The van der Waals surface area contributed by atoms with Crippen molar-refractivity contribution in [2.45, 2.75) is 45.4 Å². The van der Waals surface area contributed by atoms with Crippen molar-refractivity contribution in [3.05, 3.63) is 33.9 Å². The van der Waals surface area contributed by atoms with Crippen LogP contribution in [0.15, 0.2) is 10.6 Å². The molecule has 2 aromatic rings. The van der Waals surface area contributed by atoms with Gasteiger partial charge in [-0.25, -0.2) is 0 Å². The summed E-state index contributed by atoms with van der Waals surface area (Å²) in [5.74, 6) is 0.470. The minimum Gasteiger partial charge on any atom is -0.344 e. The van der Waals surface area contributed by atoms with Gasteiger partial charge >= 0.3 is 0 Å². The third-order valence-electron chi connectivity index (χ3n) is 4.44. The van der Waals surface area contributed by atoms with Crippen LogP contribution in [0.1, 0.15) is 47.8 Å². The molecule has 0 radical (unpaired) electrons. The second kappa shape index (κ2) is 6.74. The minimum atomic E-state index is 0.152. The van der Waals surface area contributed by atoms with Crippen LogP contribution in [0.3, 0.4) is 0 Å². The molecule has 23 heavy (non-hydrogen) atoms. The molecule has 1 amide bonds. The van der Waals surface area contributed by atoms with E-state index in [2.05, 4.69) is 21.4 Å². The first-order valence-corrected chi connectivity index (χ1v) is 8.32. The Morgan fingerprint density at radius 3 is 3.00 bits per heavy atom. The van der Waals surface area contributed by atoms with Crippen molar-refractivity contribution in [2.24, 2.45) is 0 Å². The highest BCUT2D eigenvalue weighted by molar-refractivity contribution is 6.29. The summed E-state index contributed by atoms with van der Waals surface area (Å²) in [6.45, 7) is 5.38. The molecular weight excluding hydrogens is 316 g/mol. The maximum absolute atomic E-state index is 12.5. The van der Waals surface area contributed by atoms with E-state index in [-0.39, 0.29) is 5.91 Å². The maximum Gasteiger partial charge on any atom is 0.229 e. The molecule has 1 atom stereocenters. The molecule has 1 saturated heterocycles. The van der Waals surface area contributed by atoms with E-state index in [0.717, 1.165) is 48.6 Å². The first kappa shape index (κ1) is 16.1. The number of carbonyl (C=O) groups excluding carboxylic acids is 1. The normalized spacial score (nSPS) is 18.4. The molecule has 0 saturated carbocycles. The summed E-state index contributed by atoms with van der Waals surface area (Å²) in [4.78, 5) is 14.4. The molecule has 0 unspecified atom stereocenters. The Morgan fingerprint density at radius 2 is 2.35 bits per heavy atom. The van der Waals surface area contributed by atoms with Gasteiger partial charge < -0.3 is 9.42 Å². The summed E-state index contributed by atoms with van der Waals surface area (Å²) < 4.78 is 4.93. The van der Waals surface area contributed by atoms with Gasteiger partial charge in [-0.05, 0) is 50.8 Å². The van der Waals surface area contributed by atoms with Gasteiger partial charge in [0.1, 0.15) is 0 Å². The number of nitrogens with zero attached hydrogens (tertiary/aromatic N) is 3. The number of hydrogen-bond donors (Lipinski definition) is 1. The Bertz CT molecular complexity index is 675. The van der Waals surface area contributed by atoms with Crippen LogP contribution in [0.4, 0.5) is 0 Å². The fourth-order valence-electron chi connectivity index (χ4n) is 3.12. The molecule has 1 N–H and O–H groups in total. The lowest BCUT2D eigenvalue weighted by Crippen LogP contribution is -2.39. The summed E-state index contributed by atoms with van der Waals surface area (Å²) >= 11 is 5.95. The molecule has 1 aliphatic rings. The second-order valence-electron chi connectivity index (χ2n) is 6.17. The van der Waals surface area contributed by atoms with Crippen molar-refractivity contribution < 1.29 is 9.32 Å². The van der Waals surface area contributed by atoms with E-state index in [4.69, 9.17) is 16.1 Å². The van der Waals surface area contributed by atoms with Crippen molar-refractivity contribution in [1.82, 2.24) is 20.3 Å². The van der Waals surface area contributed by atoms with E-state index in [1.807, 2.05) is 18.7 Å². The van der Waals surface area contributed by atoms with Gasteiger partial charge in [-0.1, -0.05) is 5.16 Å². The highest BCUT2D eigenvalue weighted by Gasteiger charge is 2.26. The van der Waals surface area contributed by atoms with Crippen LogP contribution in [-0.4, -0.2) is 39.3 Å². The molecule has 7 heteroatoms. The van der Waals surface area contributed by atoms with E-state index in [9.17, 15) is 4.79 Å². The van der Waals surface area contributed by atoms with E-state index in [1.54, 1.807) is 0 Å². The van der Waals surface area contributed by atoms with Crippen molar-refractivity contribution in [2.75, 3.05) is 13.1 Å². The highest BCUT2D eigenvalue weighted by atomic mass is 35.5. The summed E-state index contributed by atoms with van der Waals surface area (Å²) in [5, 5.41) is 11.4. The second-order valence-corrected chi connectivity index (χ2v) is 6.52. The Balaban J connectivity index is 1.59. The largest absolute Gasteiger partial charge is 0.344 e. The number of likely N-dealkylation sites (tertiary alicyclic amines) is 1. The molecule has 124 valence electrons. The average Bonchev–Trinajstić information content (AvgIpc) is 3.12. The topological polar surface area (TPSA) is 75.0 Å². The highest BCUT2D eigenvalue weighted by Crippen LogP contribution is 2.27. The molecule has 3 heterocycles. The van der Waals surface area contributed by atoms with Gasteiger partial charge in [0.05, 0.1) is 11.4 Å². The summed E-state index contributed by atoms with van der Waals surface area (Å²) in [6, 6.07) is 2.07. The van der Waals surface area contributed by atoms with E-state index >= 15 is 0 Å². The van der Waals surface area contributed by atoms with Gasteiger partial charge in [0.15, 0.2) is 0 Å². The van der Waals surface area contributed by atoms with Crippen LogP contribution in [0, 0.1) is 13.8 Å². The van der Waals surface area contributed by atoms with Crippen LogP contribution >= 0.6 is 11.6 Å². The molecule has 0 aliphatic carbocycles. The van der Waals surface area contributed by atoms with E-state index in [1.165, 1.54) is 0 Å². The SMILES string of the molecule is Cc1cc([C@H]2CCCN(C(=O)CCc3c(C)noc3Cl)C2)n[nH]1. The number of carbonyl (C=O) groups is 1. The Kier molecular flexibility index (Phi) is 4.71. The Morgan fingerprint density at radius 1 is 1.52 bits per heavy atom. The number of H-pyrrole nitrogens is 1. The first-order chi connectivity index (χ1) is 11.0. The van der Waals surface area contributed by atoms with Crippen LogP contribution in [0.2, 0.25) is 5.22 Å². The molecule has 0 aromatic carbocycles.